The normalized spacial score (nSPS) is 17.7. The van der Waals surface area contributed by atoms with Gasteiger partial charge in [-0.2, -0.15) is 0 Å². The van der Waals surface area contributed by atoms with Crippen LogP contribution in [-0.2, 0) is 17.6 Å². The van der Waals surface area contributed by atoms with E-state index in [-0.39, 0.29) is 11.9 Å². The lowest BCUT2D eigenvalue weighted by Gasteiger charge is -2.20. The third-order valence-corrected chi connectivity index (χ3v) is 3.64. The van der Waals surface area contributed by atoms with Crippen LogP contribution >= 0.6 is 0 Å². The van der Waals surface area contributed by atoms with Crippen LogP contribution in [0.15, 0.2) is 18.2 Å². The second-order valence-corrected chi connectivity index (χ2v) is 5.25. The van der Waals surface area contributed by atoms with E-state index in [1.165, 1.54) is 36.0 Å². The lowest BCUT2D eigenvalue weighted by molar-refractivity contribution is -0.122. The highest BCUT2D eigenvalue weighted by Gasteiger charge is 2.15. The van der Waals surface area contributed by atoms with Crippen molar-refractivity contribution >= 4 is 5.91 Å². The van der Waals surface area contributed by atoms with Gasteiger partial charge in [0.1, 0.15) is 0 Å². The molecular weight excluding hydrogens is 224 g/mol. The van der Waals surface area contributed by atoms with Gasteiger partial charge in [0.15, 0.2) is 0 Å². The lowest BCUT2D eigenvalue weighted by atomic mass is 9.89. The van der Waals surface area contributed by atoms with Gasteiger partial charge in [0.2, 0.25) is 5.91 Å². The van der Waals surface area contributed by atoms with E-state index in [1.807, 2.05) is 6.92 Å². The molecule has 3 heteroatoms. The van der Waals surface area contributed by atoms with Crippen molar-refractivity contribution in [3.8, 4) is 0 Å². The molecule has 1 aromatic carbocycles. The van der Waals surface area contributed by atoms with E-state index in [9.17, 15) is 4.79 Å². The SMILES string of the molecule is CC(N)C(=O)NC(C)c1ccc2c(c1)CCCC2. The van der Waals surface area contributed by atoms with Crippen LogP contribution in [0.4, 0.5) is 0 Å². The molecule has 2 unspecified atom stereocenters. The van der Waals surface area contributed by atoms with Crippen LogP contribution in [0.2, 0.25) is 0 Å². The summed E-state index contributed by atoms with van der Waals surface area (Å²) >= 11 is 0. The minimum atomic E-state index is -0.454. The second-order valence-electron chi connectivity index (χ2n) is 5.25. The van der Waals surface area contributed by atoms with Crippen LogP contribution < -0.4 is 11.1 Å². The Morgan fingerprint density at radius 3 is 2.56 bits per heavy atom. The Balaban J connectivity index is 2.11. The number of nitrogens with two attached hydrogens (primary N) is 1. The van der Waals surface area contributed by atoms with E-state index in [0.717, 1.165) is 6.42 Å². The summed E-state index contributed by atoms with van der Waals surface area (Å²) in [5.74, 6) is -0.0970. The average Bonchev–Trinajstić information content (AvgIpc) is 2.37. The van der Waals surface area contributed by atoms with Gasteiger partial charge in [0, 0.05) is 0 Å². The van der Waals surface area contributed by atoms with Crippen molar-refractivity contribution in [1.82, 2.24) is 5.32 Å². The predicted molar refractivity (Wildman–Crippen MR) is 73.3 cm³/mol. The molecule has 18 heavy (non-hydrogen) atoms. The predicted octanol–water partition coefficient (Wildman–Crippen LogP) is 2.09. The Hall–Kier alpha value is -1.35. The van der Waals surface area contributed by atoms with E-state index in [0.29, 0.717) is 0 Å². The topological polar surface area (TPSA) is 55.1 Å². The standard InChI is InChI=1S/C15H22N2O/c1-10(16)15(18)17-11(2)13-8-7-12-5-3-4-6-14(12)9-13/h7-11H,3-6,16H2,1-2H3,(H,17,18). The van der Waals surface area contributed by atoms with Crippen molar-refractivity contribution in [3.63, 3.8) is 0 Å². The number of aryl methyl sites for hydroxylation is 2. The van der Waals surface area contributed by atoms with E-state index >= 15 is 0 Å². The number of rotatable bonds is 3. The summed E-state index contributed by atoms with van der Waals surface area (Å²) in [5, 5.41) is 2.94. The summed E-state index contributed by atoms with van der Waals surface area (Å²) in [6.07, 6.45) is 4.92. The molecule has 1 aliphatic carbocycles. The Labute approximate surface area is 109 Å². The number of benzene rings is 1. The molecule has 3 N–H and O–H groups in total. The maximum atomic E-state index is 11.6. The number of nitrogens with one attached hydrogen (secondary N) is 1. The molecule has 0 aliphatic heterocycles. The minimum absolute atomic E-state index is 0.0238. The largest absolute Gasteiger partial charge is 0.348 e. The molecule has 2 rings (SSSR count). The first-order valence-electron chi connectivity index (χ1n) is 6.75. The first kappa shape index (κ1) is 13.1. The van der Waals surface area contributed by atoms with Crippen molar-refractivity contribution in [2.75, 3.05) is 0 Å². The zero-order valence-corrected chi connectivity index (χ0v) is 11.2. The van der Waals surface area contributed by atoms with Crippen molar-refractivity contribution < 1.29 is 4.79 Å². The Morgan fingerprint density at radius 1 is 1.22 bits per heavy atom. The third-order valence-electron chi connectivity index (χ3n) is 3.64. The van der Waals surface area contributed by atoms with Crippen LogP contribution in [0.1, 0.15) is 49.4 Å². The van der Waals surface area contributed by atoms with Gasteiger partial charge in [-0.15, -0.1) is 0 Å². The first-order valence-corrected chi connectivity index (χ1v) is 6.75. The molecule has 0 radical (unpaired) electrons. The molecule has 98 valence electrons. The van der Waals surface area contributed by atoms with Crippen molar-refractivity contribution in [2.45, 2.75) is 51.6 Å². The van der Waals surface area contributed by atoms with Gasteiger partial charge in [-0.05, 0) is 56.2 Å². The first-order chi connectivity index (χ1) is 8.58. The van der Waals surface area contributed by atoms with Gasteiger partial charge in [-0.1, -0.05) is 18.2 Å². The summed E-state index contributed by atoms with van der Waals surface area (Å²) < 4.78 is 0. The monoisotopic (exact) mass is 246 g/mol. The highest BCUT2D eigenvalue weighted by atomic mass is 16.2. The quantitative estimate of drug-likeness (QED) is 0.858. The number of hydrogen-bond acceptors (Lipinski definition) is 2. The molecule has 0 bridgehead atoms. The maximum absolute atomic E-state index is 11.6. The summed E-state index contributed by atoms with van der Waals surface area (Å²) in [7, 11) is 0. The summed E-state index contributed by atoms with van der Waals surface area (Å²) in [6, 6.07) is 6.13. The number of hydrogen-bond donors (Lipinski definition) is 2. The second kappa shape index (κ2) is 5.53. The fourth-order valence-corrected chi connectivity index (χ4v) is 2.45. The maximum Gasteiger partial charge on any atom is 0.237 e. The van der Waals surface area contributed by atoms with Crippen molar-refractivity contribution in [3.05, 3.63) is 34.9 Å². The Bertz CT molecular complexity index is 440. The number of fused-ring (bicyclic) bond motifs is 1. The molecule has 2 atom stereocenters. The van der Waals surface area contributed by atoms with Gasteiger partial charge >= 0.3 is 0 Å². The van der Waals surface area contributed by atoms with E-state index in [4.69, 9.17) is 5.73 Å². The molecule has 1 amide bonds. The number of amides is 1. The van der Waals surface area contributed by atoms with Crippen molar-refractivity contribution in [1.29, 1.82) is 0 Å². The fraction of sp³-hybridized carbons (Fsp3) is 0.533. The van der Waals surface area contributed by atoms with Crippen LogP contribution in [-0.4, -0.2) is 11.9 Å². The van der Waals surface area contributed by atoms with Crippen LogP contribution in [0.5, 0.6) is 0 Å². The van der Waals surface area contributed by atoms with Gasteiger partial charge in [0.05, 0.1) is 12.1 Å². The molecule has 0 heterocycles. The zero-order chi connectivity index (χ0) is 13.1. The van der Waals surface area contributed by atoms with Gasteiger partial charge in [-0.25, -0.2) is 0 Å². The molecule has 3 nitrogen and oxygen atoms in total. The van der Waals surface area contributed by atoms with Crippen LogP contribution in [0, 0.1) is 0 Å². The van der Waals surface area contributed by atoms with E-state index in [1.54, 1.807) is 6.92 Å². The van der Waals surface area contributed by atoms with Gasteiger partial charge < -0.3 is 11.1 Å². The van der Waals surface area contributed by atoms with Gasteiger partial charge in [0.25, 0.3) is 0 Å². The number of carbonyl (C=O) groups excluding carboxylic acids is 1. The molecule has 1 aromatic rings. The summed E-state index contributed by atoms with van der Waals surface area (Å²) in [6.45, 7) is 3.71. The lowest BCUT2D eigenvalue weighted by Crippen LogP contribution is -2.39. The highest BCUT2D eigenvalue weighted by molar-refractivity contribution is 5.81. The Morgan fingerprint density at radius 2 is 1.89 bits per heavy atom. The smallest absolute Gasteiger partial charge is 0.237 e. The molecule has 0 aromatic heterocycles. The minimum Gasteiger partial charge on any atom is -0.348 e. The zero-order valence-electron chi connectivity index (χ0n) is 11.2. The van der Waals surface area contributed by atoms with E-state index < -0.39 is 6.04 Å². The summed E-state index contributed by atoms with van der Waals surface area (Å²) in [4.78, 5) is 11.6. The van der Waals surface area contributed by atoms with Crippen LogP contribution in [0.3, 0.4) is 0 Å². The van der Waals surface area contributed by atoms with E-state index in [2.05, 4.69) is 23.5 Å². The highest BCUT2D eigenvalue weighted by Crippen LogP contribution is 2.24. The number of carbonyl (C=O) groups is 1. The molecule has 0 saturated heterocycles. The molecule has 0 saturated carbocycles. The summed E-state index contributed by atoms with van der Waals surface area (Å²) in [5.41, 5.74) is 9.65. The molecular formula is C15H22N2O. The van der Waals surface area contributed by atoms with Gasteiger partial charge in [-0.3, -0.25) is 4.79 Å². The molecule has 1 aliphatic rings. The molecule has 0 spiro atoms. The third kappa shape index (κ3) is 2.91. The average molecular weight is 246 g/mol. The fourth-order valence-electron chi connectivity index (χ4n) is 2.45. The molecule has 0 fully saturated rings. The van der Waals surface area contributed by atoms with Crippen molar-refractivity contribution in [2.24, 2.45) is 5.73 Å². The van der Waals surface area contributed by atoms with Crippen LogP contribution in [0.25, 0.3) is 0 Å². The Kier molecular flexibility index (Phi) is 4.02.